The highest BCUT2D eigenvalue weighted by molar-refractivity contribution is 5.77. The van der Waals surface area contributed by atoms with E-state index >= 15 is 0 Å². The normalized spacial score (nSPS) is 45.5. The number of quaternary nitrogens is 2. The van der Waals surface area contributed by atoms with Crippen LogP contribution >= 0.6 is 0 Å². The molecule has 2 N–H and O–H groups in total. The predicted molar refractivity (Wildman–Crippen MR) is 198 cm³/mol. The first-order valence-corrected chi connectivity index (χ1v) is 19.2. The summed E-state index contributed by atoms with van der Waals surface area (Å²) < 4.78 is 2.12. The van der Waals surface area contributed by atoms with Crippen LogP contribution in [-0.2, 0) is 10.8 Å². The fourth-order valence-electron chi connectivity index (χ4n) is 14.6. The Labute approximate surface area is 296 Å². The summed E-state index contributed by atoms with van der Waals surface area (Å²) in [6.45, 7) is 15.0. The van der Waals surface area contributed by atoms with Crippen LogP contribution in [0.5, 0.6) is 0 Å². The van der Waals surface area contributed by atoms with Crippen LogP contribution in [0.2, 0.25) is 0 Å². The van der Waals surface area contributed by atoms with Gasteiger partial charge in [0, 0.05) is 61.3 Å². The number of hydrogen-bond acceptors (Lipinski definition) is 4. The lowest BCUT2D eigenvalue weighted by Crippen LogP contribution is -2.69. The summed E-state index contributed by atoms with van der Waals surface area (Å²) in [7, 11) is 0. The Bertz CT molecular complexity index is 1850. The van der Waals surface area contributed by atoms with Gasteiger partial charge in [0.25, 0.3) is 0 Å². The Morgan fingerprint density at radius 3 is 1.54 bits per heavy atom. The third-order valence-corrected chi connectivity index (χ3v) is 15.9. The van der Waals surface area contributed by atoms with E-state index in [1.54, 1.807) is 11.1 Å². The number of para-hydroxylation sites is 2. The predicted octanol–water partition coefficient (Wildman–Crippen LogP) is 5.48. The molecule has 256 valence electrons. The Kier molecular flexibility index (Phi) is 6.00. The number of rotatable bonds is 6. The first kappa shape index (κ1) is 30.0. The van der Waals surface area contributed by atoms with Gasteiger partial charge in [-0.2, -0.15) is 0 Å². The van der Waals surface area contributed by atoms with Crippen LogP contribution in [0, 0.1) is 11.8 Å². The fraction of sp³-hybridized carbons (Fsp3) is 0.455. The van der Waals surface area contributed by atoms with Crippen LogP contribution < -0.4 is 9.80 Å². The molecule has 4 saturated heterocycles. The van der Waals surface area contributed by atoms with E-state index in [1.807, 2.05) is 0 Å². The van der Waals surface area contributed by atoms with Crippen LogP contribution in [-0.4, -0.2) is 95.8 Å². The molecular weight excluding hydrogens is 617 g/mol. The summed E-state index contributed by atoms with van der Waals surface area (Å²) in [6, 6.07) is 20.3. The standard InChI is InChI=1S/C44H50N4O2/c1-3-17-47-19-15-43-35-9-5-7-11-37(35)45-26-34-32-24-40-44(16-20-48(40,18-4-2)28-30(32)14-22-50)36-10-6-8-12-38(36)46(42(34)44)25-33(41(43)45)31(23-39(43)47)29(27-47)13-21-49/h3-14,25-26,31-32,39-42,49-50H,1-2,15-24,27-28H2/q+2/b29-13?,30-14?,33-25-,34-26+/t31-,32-,39-,40-,41?,42?,43+,44+,47-,48-/m0/s1. The third-order valence-electron chi connectivity index (χ3n) is 15.9. The first-order chi connectivity index (χ1) is 24.5. The zero-order valence-corrected chi connectivity index (χ0v) is 29.1. The van der Waals surface area contributed by atoms with Gasteiger partial charge in [0.1, 0.15) is 25.2 Å². The van der Waals surface area contributed by atoms with Gasteiger partial charge >= 0.3 is 0 Å². The van der Waals surface area contributed by atoms with Gasteiger partial charge < -0.3 is 29.0 Å². The average Bonchev–Trinajstić information content (AvgIpc) is 3.81. The molecule has 11 rings (SSSR count). The minimum Gasteiger partial charge on any atom is -0.392 e. The van der Waals surface area contributed by atoms with E-state index in [2.05, 4.69) is 108 Å². The molecule has 2 aliphatic carbocycles. The van der Waals surface area contributed by atoms with Crippen molar-refractivity contribution in [2.24, 2.45) is 11.8 Å². The number of aliphatic hydroxyl groups is 2. The monoisotopic (exact) mass is 666 g/mol. The van der Waals surface area contributed by atoms with Crippen LogP contribution in [0.4, 0.5) is 11.4 Å². The van der Waals surface area contributed by atoms with E-state index in [4.69, 9.17) is 0 Å². The zero-order valence-electron chi connectivity index (χ0n) is 29.1. The number of nitrogens with zero attached hydrogens (tertiary/aromatic N) is 4. The van der Waals surface area contributed by atoms with E-state index < -0.39 is 0 Å². The van der Waals surface area contributed by atoms with E-state index in [0.717, 1.165) is 73.9 Å². The summed E-state index contributed by atoms with van der Waals surface area (Å²) in [4.78, 5) is 5.54. The molecule has 0 aromatic heterocycles. The Balaban J connectivity index is 1.22. The molecule has 6 fully saturated rings. The largest absolute Gasteiger partial charge is 0.392 e. The second kappa shape index (κ2) is 10.0. The molecule has 2 aromatic rings. The number of fused-ring (bicyclic) bond motifs is 8. The van der Waals surface area contributed by atoms with Crippen LogP contribution in [0.1, 0.15) is 36.8 Å². The second-order valence-electron chi connectivity index (χ2n) is 17.2. The SMILES string of the molecule is C=CC[N@@+]12CC[C@]34c5ccccc5N5/C=C6\C7N(/C=C(/C53)[C@@H](C[C@@H]41)C(=CCO)C2)c1ccccc1[C@@]71CC[N@@+]2(CC=C)CC(=CCO)[C@@H]6C[C@@H]12. The summed E-state index contributed by atoms with van der Waals surface area (Å²) in [5.74, 6) is 0.615. The Morgan fingerprint density at radius 1 is 0.680 bits per heavy atom. The van der Waals surface area contributed by atoms with Crippen LogP contribution in [0.15, 0.2) is 121 Å². The topological polar surface area (TPSA) is 46.9 Å². The van der Waals surface area contributed by atoms with E-state index in [-0.39, 0.29) is 36.1 Å². The molecule has 7 heterocycles. The quantitative estimate of drug-likeness (QED) is 0.317. The minimum absolute atomic E-state index is 0.0183. The summed E-state index contributed by atoms with van der Waals surface area (Å²) in [5.41, 5.74) is 11.8. The van der Waals surface area contributed by atoms with Crippen molar-refractivity contribution >= 4 is 11.4 Å². The highest BCUT2D eigenvalue weighted by atomic mass is 16.3. The molecule has 2 saturated carbocycles. The zero-order chi connectivity index (χ0) is 33.6. The van der Waals surface area contributed by atoms with Crippen LogP contribution in [0.25, 0.3) is 0 Å². The van der Waals surface area contributed by atoms with Crippen molar-refractivity contribution in [1.82, 2.24) is 0 Å². The molecule has 2 unspecified atom stereocenters. The number of aliphatic hydroxyl groups excluding tert-OH is 2. The van der Waals surface area contributed by atoms with Crippen molar-refractivity contribution in [3.63, 3.8) is 0 Å². The maximum Gasteiger partial charge on any atom is 0.103 e. The van der Waals surface area contributed by atoms with Gasteiger partial charge in [-0.05, 0) is 57.7 Å². The molecule has 9 aliphatic rings. The maximum absolute atomic E-state index is 10.5. The van der Waals surface area contributed by atoms with Gasteiger partial charge in [-0.1, -0.05) is 61.7 Å². The third kappa shape index (κ3) is 3.24. The van der Waals surface area contributed by atoms with Gasteiger partial charge in [0.15, 0.2) is 0 Å². The van der Waals surface area contributed by atoms with Gasteiger partial charge in [-0.3, -0.25) is 0 Å². The molecule has 6 nitrogen and oxygen atoms in total. The van der Waals surface area contributed by atoms with Gasteiger partial charge in [0.05, 0.1) is 62.3 Å². The summed E-state index contributed by atoms with van der Waals surface area (Å²) >= 11 is 0. The molecule has 50 heavy (non-hydrogen) atoms. The molecule has 0 radical (unpaired) electrons. The summed E-state index contributed by atoms with van der Waals surface area (Å²) in [6.07, 6.45) is 18.6. The van der Waals surface area contributed by atoms with Crippen molar-refractivity contribution in [3.05, 3.63) is 132 Å². The highest BCUT2D eigenvalue weighted by Gasteiger charge is 2.75. The highest BCUT2D eigenvalue weighted by Crippen LogP contribution is 2.69. The van der Waals surface area contributed by atoms with E-state index in [1.165, 1.54) is 33.6 Å². The smallest absolute Gasteiger partial charge is 0.103 e. The van der Waals surface area contributed by atoms with Gasteiger partial charge in [0.2, 0.25) is 0 Å². The van der Waals surface area contributed by atoms with Crippen molar-refractivity contribution in [1.29, 1.82) is 0 Å². The van der Waals surface area contributed by atoms with Crippen molar-refractivity contribution in [3.8, 4) is 0 Å². The lowest BCUT2D eigenvalue weighted by atomic mass is 9.56. The average molecular weight is 667 g/mol. The molecular formula is C44H50N4O2+2. The van der Waals surface area contributed by atoms with Crippen molar-refractivity contribution < 1.29 is 19.2 Å². The van der Waals surface area contributed by atoms with Gasteiger partial charge in [-0.15, -0.1) is 0 Å². The first-order valence-electron chi connectivity index (χ1n) is 19.2. The van der Waals surface area contributed by atoms with Crippen molar-refractivity contribution in [2.45, 2.75) is 60.7 Å². The van der Waals surface area contributed by atoms with E-state index in [9.17, 15) is 10.2 Å². The Morgan fingerprint density at radius 2 is 1.12 bits per heavy atom. The van der Waals surface area contributed by atoms with Crippen molar-refractivity contribution in [2.75, 3.05) is 62.3 Å². The lowest BCUT2D eigenvalue weighted by molar-refractivity contribution is -0.937. The molecule has 0 amide bonds. The summed E-state index contributed by atoms with van der Waals surface area (Å²) in [5, 5.41) is 20.9. The molecule has 4 bridgehead atoms. The van der Waals surface area contributed by atoms with E-state index in [0.29, 0.717) is 23.9 Å². The Hall–Kier alpha value is -3.68. The number of piperidine rings is 2. The molecule has 2 spiro atoms. The number of hydrogen-bond donors (Lipinski definition) is 2. The molecule has 2 aromatic carbocycles. The molecule has 7 aliphatic heterocycles. The maximum atomic E-state index is 10.5. The fourth-order valence-corrected chi connectivity index (χ4v) is 14.6. The number of benzene rings is 2. The van der Waals surface area contributed by atoms with Crippen LogP contribution in [0.3, 0.4) is 0 Å². The molecule has 6 heteroatoms. The number of anilines is 2. The van der Waals surface area contributed by atoms with Gasteiger partial charge in [-0.25, -0.2) is 0 Å². The lowest BCUT2D eigenvalue weighted by Gasteiger charge is -2.59. The second-order valence-corrected chi connectivity index (χ2v) is 17.2. The molecule has 10 atom stereocenters. The minimum atomic E-state index is 0.0183.